The number of carboxylic acid groups (broad SMARTS) is 2. The van der Waals surface area contributed by atoms with Crippen LogP contribution < -0.4 is 10.9 Å². The lowest BCUT2D eigenvalue weighted by molar-refractivity contribution is -0.159. The van der Waals surface area contributed by atoms with Gasteiger partial charge in [-0.25, -0.2) is 15.0 Å². The topological polar surface area (TPSA) is 125 Å². The molecule has 1 rings (SSSR count). The zero-order chi connectivity index (χ0) is 17.7. The summed E-state index contributed by atoms with van der Waals surface area (Å²) in [6.07, 6.45) is 1.55. The smallest absolute Gasteiger partial charge is 0.414 e. The lowest BCUT2D eigenvalue weighted by Gasteiger charge is -2.23. The molecule has 1 aromatic carbocycles. The van der Waals surface area contributed by atoms with E-state index in [1.54, 1.807) is 0 Å². The highest BCUT2D eigenvalue weighted by Crippen LogP contribution is 2.07. The lowest BCUT2D eigenvalue weighted by Crippen LogP contribution is -2.46. The Kier molecular flexibility index (Phi) is 10.8. The molecule has 0 aliphatic rings. The second kappa shape index (κ2) is 12.1. The zero-order valence-corrected chi connectivity index (χ0v) is 13.1. The molecule has 2 atom stereocenters. The van der Waals surface area contributed by atoms with Gasteiger partial charge in [-0.1, -0.05) is 37.3 Å². The molecular formula is C15H22N2O6. The van der Waals surface area contributed by atoms with Crippen LogP contribution in [0.15, 0.2) is 30.3 Å². The Hall–Kier alpha value is -2.45. The van der Waals surface area contributed by atoms with Crippen LogP contribution in [0.2, 0.25) is 0 Å². The quantitative estimate of drug-likeness (QED) is 0.316. The molecule has 0 heterocycles. The van der Waals surface area contributed by atoms with Crippen LogP contribution in [-0.2, 0) is 25.7 Å². The predicted molar refractivity (Wildman–Crippen MR) is 82.4 cm³/mol. The van der Waals surface area contributed by atoms with Crippen LogP contribution in [0.5, 0.6) is 0 Å². The predicted octanol–water partition coefficient (Wildman–Crippen LogP) is 0.776. The molecule has 1 aromatic rings. The highest BCUT2D eigenvalue weighted by Gasteiger charge is 2.15. The summed E-state index contributed by atoms with van der Waals surface area (Å²) in [5.41, 5.74) is 6.53. The molecule has 0 spiro atoms. The fourth-order valence-electron chi connectivity index (χ4n) is 1.61. The van der Waals surface area contributed by atoms with Gasteiger partial charge in [-0.05, 0) is 18.9 Å². The monoisotopic (exact) mass is 326 g/mol. The van der Waals surface area contributed by atoms with Crippen molar-refractivity contribution in [3.8, 4) is 0 Å². The Balaban J connectivity index is 0.000000688. The first kappa shape index (κ1) is 20.6. The summed E-state index contributed by atoms with van der Waals surface area (Å²) in [6, 6.07) is 10.1. The third-order valence-corrected chi connectivity index (χ3v) is 2.87. The van der Waals surface area contributed by atoms with E-state index in [4.69, 9.17) is 24.5 Å². The van der Waals surface area contributed by atoms with Gasteiger partial charge in [0.05, 0.1) is 18.8 Å². The van der Waals surface area contributed by atoms with Crippen molar-refractivity contribution in [2.45, 2.75) is 39.0 Å². The third-order valence-electron chi connectivity index (χ3n) is 2.87. The molecule has 0 saturated carbocycles. The molecule has 0 unspecified atom stereocenters. The number of carboxylic acids is 2. The molecule has 23 heavy (non-hydrogen) atoms. The summed E-state index contributed by atoms with van der Waals surface area (Å²) in [6.45, 7) is 4.63. The van der Waals surface area contributed by atoms with Crippen LogP contribution in [-0.4, -0.2) is 40.7 Å². The van der Waals surface area contributed by atoms with E-state index in [0.717, 1.165) is 12.0 Å². The number of ether oxygens (including phenoxy) is 1. The minimum atomic E-state index is -1.82. The van der Waals surface area contributed by atoms with Crippen molar-refractivity contribution < 1.29 is 29.3 Å². The Bertz CT molecular complexity index is 468. The van der Waals surface area contributed by atoms with Crippen molar-refractivity contribution >= 4 is 18.3 Å². The molecule has 8 heteroatoms. The summed E-state index contributed by atoms with van der Waals surface area (Å²) in [4.78, 5) is 28.4. The van der Waals surface area contributed by atoms with E-state index in [2.05, 4.69) is 10.9 Å². The van der Waals surface area contributed by atoms with Gasteiger partial charge in [-0.15, -0.1) is 0 Å². The maximum absolute atomic E-state index is 10.2. The number of carbonyl (C=O) groups is 3. The van der Waals surface area contributed by atoms with Gasteiger partial charge in [0.15, 0.2) is 0 Å². The van der Waals surface area contributed by atoms with Crippen LogP contribution >= 0.6 is 0 Å². The average molecular weight is 326 g/mol. The standard InChI is InChI=1S/C13H20N2O2.C2H2O4/c1-3-13(15-14-10-16)11(2)17-9-12-7-5-4-6-8-12;3-1(4)2(5)6/h4-8,10-11,13,15H,3,9H2,1-2H3,(H,14,16);(H,3,4)(H,5,6)/t11-,13-;/m0./s1. The first-order valence-corrected chi connectivity index (χ1v) is 6.98. The normalized spacial score (nSPS) is 12.3. The van der Waals surface area contributed by atoms with Gasteiger partial charge in [-0.3, -0.25) is 10.2 Å². The van der Waals surface area contributed by atoms with Gasteiger partial charge in [0, 0.05) is 0 Å². The number of rotatable bonds is 8. The van der Waals surface area contributed by atoms with Crippen molar-refractivity contribution in [3.05, 3.63) is 35.9 Å². The second-order valence-electron chi connectivity index (χ2n) is 4.53. The first-order chi connectivity index (χ1) is 10.9. The Morgan fingerprint density at radius 3 is 2.22 bits per heavy atom. The van der Waals surface area contributed by atoms with E-state index >= 15 is 0 Å². The molecule has 8 nitrogen and oxygen atoms in total. The van der Waals surface area contributed by atoms with Gasteiger partial charge in [0.2, 0.25) is 6.41 Å². The van der Waals surface area contributed by atoms with E-state index in [-0.39, 0.29) is 12.1 Å². The third kappa shape index (κ3) is 9.99. The van der Waals surface area contributed by atoms with Crippen LogP contribution in [0, 0.1) is 0 Å². The van der Waals surface area contributed by atoms with Crippen LogP contribution in [0.25, 0.3) is 0 Å². The molecule has 0 bridgehead atoms. The van der Waals surface area contributed by atoms with Crippen LogP contribution in [0.3, 0.4) is 0 Å². The molecule has 0 fully saturated rings. The van der Waals surface area contributed by atoms with Gasteiger partial charge >= 0.3 is 11.9 Å². The Morgan fingerprint density at radius 1 is 1.22 bits per heavy atom. The van der Waals surface area contributed by atoms with Gasteiger partial charge in [0.25, 0.3) is 0 Å². The van der Waals surface area contributed by atoms with E-state index in [0.29, 0.717) is 13.0 Å². The highest BCUT2D eigenvalue weighted by molar-refractivity contribution is 6.27. The number of hydrogen-bond donors (Lipinski definition) is 4. The Morgan fingerprint density at radius 2 is 1.78 bits per heavy atom. The molecule has 0 aliphatic carbocycles. The molecule has 4 N–H and O–H groups in total. The van der Waals surface area contributed by atoms with E-state index in [9.17, 15) is 4.79 Å². The minimum absolute atomic E-state index is 0.0349. The van der Waals surface area contributed by atoms with Gasteiger partial charge < -0.3 is 14.9 Å². The molecule has 0 saturated heterocycles. The summed E-state index contributed by atoms with van der Waals surface area (Å²) >= 11 is 0. The highest BCUT2D eigenvalue weighted by atomic mass is 16.5. The maximum Gasteiger partial charge on any atom is 0.414 e. The molecule has 0 aliphatic heterocycles. The maximum atomic E-state index is 10.2. The average Bonchev–Trinajstić information content (AvgIpc) is 2.55. The number of benzene rings is 1. The molecule has 0 radical (unpaired) electrons. The number of hydrogen-bond acceptors (Lipinski definition) is 5. The van der Waals surface area contributed by atoms with Gasteiger partial charge in [-0.2, -0.15) is 0 Å². The number of hydrazine groups is 1. The summed E-state index contributed by atoms with van der Waals surface area (Å²) < 4.78 is 5.76. The zero-order valence-electron chi connectivity index (χ0n) is 13.1. The summed E-state index contributed by atoms with van der Waals surface area (Å²) in [5.74, 6) is -3.65. The molecule has 0 aromatic heterocycles. The number of nitrogens with one attached hydrogen (secondary N) is 2. The van der Waals surface area contributed by atoms with E-state index in [1.807, 2.05) is 44.2 Å². The van der Waals surface area contributed by atoms with Crippen LogP contribution in [0.4, 0.5) is 0 Å². The van der Waals surface area contributed by atoms with Crippen molar-refractivity contribution in [2.75, 3.05) is 0 Å². The van der Waals surface area contributed by atoms with E-state index < -0.39 is 11.9 Å². The van der Waals surface area contributed by atoms with Crippen LogP contribution in [0.1, 0.15) is 25.8 Å². The number of carbonyl (C=O) groups excluding carboxylic acids is 1. The number of aliphatic carboxylic acids is 2. The molecular weight excluding hydrogens is 304 g/mol. The largest absolute Gasteiger partial charge is 0.473 e. The minimum Gasteiger partial charge on any atom is -0.473 e. The number of amides is 1. The Labute approximate surface area is 134 Å². The van der Waals surface area contributed by atoms with Crippen molar-refractivity contribution in [3.63, 3.8) is 0 Å². The van der Waals surface area contributed by atoms with Gasteiger partial charge in [0.1, 0.15) is 0 Å². The van der Waals surface area contributed by atoms with Crippen molar-refractivity contribution in [1.82, 2.24) is 10.9 Å². The lowest BCUT2D eigenvalue weighted by atomic mass is 10.1. The second-order valence-corrected chi connectivity index (χ2v) is 4.53. The van der Waals surface area contributed by atoms with Crippen molar-refractivity contribution in [2.24, 2.45) is 0 Å². The molecule has 128 valence electrons. The van der Waals surface area contributed by atoms with Crippen molar-refractivity contribution in [1.29, 1.82) is 0 Å². The summed E-state index contributed by atoms with van der Waals surface area (Å²) in [7, 11) is 0. The van der Waals surface area contributed by atoms with E-state index in [1.165, 1.54) is 0 Å². The first-order valence-electron chi connectivity index (χ1n) is 6.98. The SMILES string of the molecule is CC[C@H](NNC=O)[C@H](C)OCc1ccccc1.O=C(O)C(=O)O. The fraction of sp³-hybridized carbons (Fsp3) is 0.400. The molecule has 1 amide bonds. The fourth-order valence-corrected chi connectivity index (χ4v) is 1.61. The summed E-state index contributed by atoms with van der Waals surface area (Å²) in [5, 5.41) is 14.8.